The lowest BCUT2D eigenvalue weighted by atomic mass is 10.1. The second-order valence-electron chi connectivity index (χ2n) is 4.85. The minimum atomic E-state index is 0.0454. The van der Waals surface area contributed by atoms with E-state index in [9.17, 15) is 0 Å². The number of hydrogen-bond acceptors (Lipinski definition) is 5. The summed E-state index contributed by atoms with van der Waals surface area (Å²) in [5.41, 5.74) is 1.08. The monoisotopic (exact) mass is 274 g/mol. The average Bonchev–Trinajstić information content (AvgIpc) is 2.91. The molecule has 0 spiro atoms. The van der Waals surface area contributed by atoms with Crippen LogP contribution in [-0.2, 0) is 6.54 Å². The number of aromatic nitrogens is 1. The maximum atomic E-state index is 5.69. The number of hydrogen-bond donors (Lipinski definition) is 1. The Hall–Kier alpha value is -2.01. The summed E-state index contributed by atoms with van der Waals surface area (Å²) in [4.78, 5) is 4.23. The van der Waals surface area contributed by atoms with Gasteiger partial charge in [0, 0.05) is 12.1 Å². The fraction of sp³-hybridized carbons (Fsp3) is 0.400. The molecule has 5 nitrogen and oxygen atoms in total. The van der Waals surface area contributed by atoms with Gasteiger partial charge in [0.1, 0.15) is 19.0 Å². The van der Waals surface area contributed by atoms with Gasteiger partial charge in [0.25, 0.3) is 0 Å². The van der Waals surface area contributed by atoms with Gasteiger partial charge in [-0.15, -0.1) is 0 Å². The Balaban J connectivity index is 1.69. The number of para-hydroxylation sites is 1. The van der Waals surface area contributed by atoms with E-state index >= 15 is 0 Å². The van der Waals surface area contributed by atoms with Gasteiger partial charge in [0.15, 0.2) is 11.5 Å². The highest BCUT2D eigenvalue weighted by molar-refractivity contribution is 5.47. The van der Waals surface area contributed by atoms with E-state index in [1.54, 1.807) is 6.20 Å². The maximum absolute atomic E-state index is 5.69. The van der Waals surface area contributed by atoms with E-state index in [0.717, 1.165) is 22.8 Å². The zero-order valence-corrected chi connectivity index (χ0v) is 11.7. The van der Waals surface area contributed by atoms with Crippen molar-refractivity contribution in [2.75, 3.05) is 13.2 Å². The molecule has 1 atom stereocenters. The van der Waals surface area contributed by atoms with Gasteiger partial charge in [0.05, 0.1) is 12.2 Å². The van der Waals surface area contributed by atoms with Crippen LogP contribution in [0.25, 0.3) is 0 Å². The molecule has 0 fully saturated rings. The van der Waals surface area contributed by atoms with Crippen LogP contribution in [0.15, 0.2) is 28.8 Å². The molecule has 1 N–H and O–H groups in total. The minimum Gasteiger partial charge on any atom is -0.486 e. The average molecular weight is 274 g/mol. The smallest absolute Gasteiger partial charge is 0.211 e. The summed E-state index contributed by atoms with van der Waals surface area (Å²) < 4.78 is 16.8. The third kappa shape index (κ3) is 2.63. The van der Waals surface area contributed by atoms with Gasteiger partial charge in [-0.25, -0.2) is 4.98 Å². The van der Waals surface area contributed by atoms with Crippen LogP contribution in [0.2, 0.25) is 0 Å². The Bertz CT molecular complexity index is 595. The Morgan fingerprint density at radius 1 is 1.30 bits per heavy atom. The van der Waals surface area contributed by atoms with Crippen LogP contribution in [0.3, 0.4) is 0 Å². The molecule has 106 valence electrons. The summed E-state index contributed by atoms with van der Waals surface area (Å²) >= 11 is 0. The molecule has 3 rings (SSSR count). The van der Waals surface area contributed by atoms with Crippen molar-refractivity contribution in [2.24, 2.45) is 0 Å². The summed E-state index contributed by atoms with van der Waals surface area (Å²) in [5, 5.41) is 3.39. The second kappa shape index (κ2) is 5.54. The number of nitrogens with zero attached hydrogens (tertiary/aromatic N) is 1. The molecule has 0 saturated carbocycles. The fourth-order valence-corrected chi connectivity index (χ4v) is 2.20. The number of fused-ring (bicyclic) bond motifs is 1. The Morgan fingerprint density at radius 3 is 2.95 bits per heavy atom. The highest BCUT2D eigenvalue weighted by Gasteiger charge is 2.17. The quantitative estimate of drug-likeness (QED) is 0.928. The molecule has 1 aliphatic heterocycles. The first-order valence-corrected chi connectivity index (χ1v) is 6.77. The van der Waals surface area contributed by atoms with Crippen LogP contribution in [0, 0.1) is 6.92 Å². The summed E-state index contributed by atoms with van der Waals surface area (Å²) in [6.07, 6.45) is 1.73. The SMILES string of the molecule is Cc1cnc(C(C)NCc2cccc3c2OCCO3)o1. The van der Waals surface area contributed by atoms with E-state index in [0.29, 0.717) is 25.6 Å². The van der Waals surface area contributed by atoms with Crippen LogP contribution >= 0.6 is 0 Å². The van der Waals surface area contributed by atoms with E-state index in [2.05, 4.69) is 10.3 Å². The van der Waals surface area contributed by atoms with Crippen molar-refractivity contribution >= 4 is 0 Å². The van der Waals surface area contributed by atoms with Crippen molar-refractivity contribution in [3.8, 4) is 11.5 Å². The molecule has 2 aromatic rings. The summed E-state index contributed by atoms with van der Waals surface area (Å²) in [6, 6.07) is 5.99. The first-order valence-electron chi connectivity index (χ1n) is 6.77. The number of benzene rings is 1. The Morgan fingerprint density at radius 2 is 2.15 bits per heavy atom. The maximum Gasteiger partial charge on any atom is 0.211 e. The largest absolute Gasteiger partial charge is 0.486 e. The van der Waals surface area contributed by atoms with Crippen molar-refractivity contribution in [2.45, 2.75) is 26.4 Å². The van der Waals surface area contributed by atoms with Crippen LogP contribution in [-0.4, -0.2) is 18.2 Å². The molecule has 1 aromatic heterocycles. The van der Waals surface area contributed by atoms with E-state index < -0.39 is 0 Å². The molecule has 0 amide bonds. The van der Waals surface area contributed by atoms with Crippen molar-refractivity contribution in [1.29, 1.82) is 0 Å². The van der Waals surface area contributed by atoms with Gasteiger partial charge in [-0.1, -0.05) is 12.1 Å². The molecule has 1 aliphatic rings. The summed E-state index contributed by atoms with van der Waals surface area (Å²) in [5.74, 6) is 3.17. The highest BCUT2D eigenvalue weighted by Crippen LogP contribution is 2.33. The zero-order valence-electron chi connectivity index (χ0n) is 11.7. The molecule has 2 heterocycles. The molecule has 5 heteroatoms. The van der Waals surface area contributed by atoms with Crippen LogP contribution < -0.4 is 14.8 Å². The number of rotatable bonds is 4. The molecule has 1 unspecified atom stereocenters. The molecule has 0 saturated heterocycles. The topological polar surface area (TPSA) is 56.5 Å². The molecule has 0 aliphatic carbocycles. The van der Waals surface area contributed by atoms with Crippen LogP contribution in [0.4, 0.5) is 0 Å². The lowest BCUT2D eigenvalue weighted by molar-refractivity contribution is 0.169. The van der Waals surface area contributed by atoms with Gasteiger partial charge in [-0.05, 0) is 19.9 Å². The number of aryl methyl sites for hydroxylation is 1. The van der Waals surface area contributed by atoms with Gasteiger partial charge in [0.2, 0.25) is 5.89 Å². The molecule has 20 heavy (non-hydrogen) atoms. The van der Waals surface area contributed by atoms with E-state index in [4.69, 9.17) is 13.9 Å². The number of nitrogens with one attached hydrogen (secondary N) is 1. The van der Waals surface area contributed by atoms with Crippen LogP contribution in [0.1, 0.15) is 30.2 Å². The van der Waals surface area contributed by atoms with Gasteiger partial charge >= 0.3 is 0 Å². The van der Waals surface area contributed by atoms with Gasteiger partial charge < -0.3 is 19.2 Å². The van der Waals surface area contributed by atoms with Crippen LogP contribution in [0.5, 0.6) is 11.5 Å². The fourth-order valence-electron chi connectivity index (χ4n) is 2.20. The number of ether oxygens (including phenoxy) is 2. The number of oxazole rings is 1. The molecule has 1 aromatic carbocycles. The normalized spacial score (nSPS) is 15.1. The second-order valence-corrected chi connectivity index (χ2v) is 4.85. The predicted octanol–water partition coefficient (Wildman–Crippen LogP) is 2.61. The first kappa shape index (κ1) is 13.0. The lowest BCUT2D eigenvalue weighted by Gasteiger charge is -2.21. The van der Waals surface area contributed by atoms with Crippen molar-refractivity contribution in [1.82, 2.24) is 10.3 Å². The third-order valence-electron chi connectivity index (χ3n) is 3.26. The summed E-state index contributed by atoms with van der Waals surface area (Å²) in [6.45, 7) is 5.80. The summed E-state index contributed by atoms with van der Waals surface area (Å²) in [7, 11) is 0. The standard InChI is InChI=1S/C15H18N2O3/c1-10-8-17-15(20-10)11(2)16-9-12-4-3-5-13-14(12)19-7-6-18-13/h3-5,8,11,16H,6-7,9H2,1-2H3. The van der Waals surface area contributed by atoms with Gasteiger partial charge in [-0.3, -0.25) is 0 Å². The van der Waals surface area contributed by atoms with Crippen molar-refractivity contribution in [3.63, 3.8) is 0 Å². The minimum absolute atomic E-state index is 0.0454. The molecular formula is C15H18N2O3. The van der Waals surface area contributed by atoms with Crippen molar-refractivity contribution < 1.29 is 13.9 Å². The Kier molecular flexibility index (Phi) is 3.60. The molecular weight excluding hydrogens is 256 g/mol. The lowest BCUT2D eigenvalue weighted by Crippen LogP contribution is -2.21. The molecule has 0 bridgehead atoms. The molecule has 0 radical (unpaired) electrons. The van der Waals surface area contributed by atoms with E-state index in [-0.39, 0.29) is 6.04 Å². The van der Waals surface area contributed by atoms with E-state index in [1.165, 1.54) is 0 Å². The van der Waals surface area contributed by atoms with E-state index in [1.807, 2.05) is 32.0 Å². The first-order chi connectivity index (χ1) is 9.74. The third-order valence-corrected chi connectivity index (χ3v) is 3.26. The Labute approximate surface area is 117 Å². The predicted molar refractivity (Wildman–Crippen MR) is 73.9 cm³/mol. The van der Waals surface area contributed by atoms with Crippen molar-refractivity contribution in [3.05, 3.63) is 41.6 Å². The van der Waals surface area contributed by atoms with Gasteiger partial charge in [-0.2, -0.15) is 0 Å². The zero-order chi connectivity index (χ0) is 13.9. The highest BCUT2D eigenvalue weighted by atomic mass is 16.6.